The minimum Gasteiger partial charge on any atom is -0.487 e. The lowest BCUT2D eigenvalue weighted by atomic mass is 9.99. The molecule has 0 unspecified atom stereocenters. The molecule has 2 aromatic heterocycles. The number of anilines is 2. The molecule has 1 aromatic carbocycles. The van der Waals surface area contributed by atoms with Gasteiger partial charge >= 0.3 is 0 Å². The molecule has 5 nitrogen and oxygen atoms in total. The van der Waals surface area contributed by atoms with Gasteiger partial charge in [-0.1, -0.05) is 44.2 Å². The first-order valence-corrected chi connectivity index (χ1v) is 11.2. The maximum absolute atomic E-state index is 12.5. The predicted octanol–water partition coefficient (Wildman–Crippen LogP) is 6.34. The average molecular weight is 416 g/mol. The van der Waals surface area contributed by atoms with Crippen LogP contribution in [0.3, 0.4) is 0 Å². The Hall–Kier alpha value is -3.21. The van der Waals surface area contributed by atoms with Crippen LogP contribution in [0.25, 0.3) is 0 Å². The average Bonchev–Trinajstić information content (AvgIpc) is 3.33. The fourth-order valence-electron chi connectivity index (χ4n) is 4.06. The van der Waals surface area contributed by atoms with Gasteiger partial charge in [0.15, 0.2) is 5.78 Å². The van der Waals surface area contributed by atoms with Crippen molar-refractivity contribution in [2.75, 3.05) is 5.32 Å². The van der Waals surface area contributed by atoms with Crippen LogP contribution >= 0.6 is 0 Å². The molecule has 0 saturated heterocycles. The van der Waals surface area contributed by atoms with Crippen molar-refractivity contribution in [2.45, 2.75) is 51.6 Å². The van der Waals surface area contributed by atoms with E-state index in [2.05, 4.69) is 15.3 Å². The first-order chi connectivity index (χ1) is 15.3. The molecule has 0 spiro atoms. The van der Waals surface area contributed by atoms with Gasteiger partial charge in [0.05, 0.1) is 5.69 Å². The normalized spacial score (nSPS) is 13.8. The number of carbonyl (C=O) groups is 1. The number of pyridine rings is 2. The maximum atomic E-state index is 12.5. The number of aromatic nitrogens is 2. The number of ether oxygens (including phenoxy) is 1. The van der Waals surface area contributed by atoms with Gasteiger partial charge in [0.25, 0.3) is 0 Å². The first kappa shape index (κ1) is 21.0. The third kappa shape index (κ3) is 6.38. The molecule has 3 aromatic rings. The van der Waals surface area contributed by atoms with Crippen LogP contribution in [-0.4, -0.2) is 15.8 Å². The summed E-state index contributed by atoms with van der Waals surface area (Å²) in [5, 5.41) is 3.27. The molecule has 31 heavy (non-hydrogen) atoms. The van der Waals surface area contributed by atoms with Crippen LogP contribution in [0.4, 0.5) is 11.5 Å². The predicted molar refractivity (Wildman–Crippen MR) is 123 cm³/mol. The highest BCUT2D eigenvalue weighted by molar-refractivity contribution is 5.94. The van der Waals surface area contributed by atoms with E-state index < -0.39 is 0 Å². The molecule has 0 aliphatic heterocycles. The Labute approximate surface area is 183 Å². The summed E-state index contributed by atoms with van der Waals surface area (Å²) < 4.78 is 5.77. The monoisotopic (exact) mass is 415 g/mol. The van der Waals surface area contributed by atoms with Crippen molar-refractivity contribution in [1.29, 1.82) is 0 Å². The Morgan fingerprint density at radius 1 is 1.00 bits per heavy atom. The summed E-state index contributed by atoms with van der Waals surface area (Å²) in [6.07, 6.45) is 9.83. The number of ketones is 1. The molecule has 1 saturated carbocycles. The topological polar surface area (TPSA) is 64.1 Å². The smallest absolute Gasteiger partial charge is 0.181 e. The molecule has 1 aliphatic rings. The second-order valence-corrected chi connectivity index (χ2v) is 8.13. The molecule has 1 fully saturated rings. The van der Waals surface area contributed by atoms with Gasteiger partial charge in [0.1, 0.15) is 23.9 Å². The highest BCUT2D eigenvalue weighted by Crippen LogP contribution is 2.29. The lowest BCUT2D eigenvalue weighted by molar-refractivity contribution is 0.0973. The lowest BCUT2D eigenvalue weighted by Gasteiger charge is -2.10. The number of benzene rings is 1. The van der Waals surface area contributed by atoms with Crippen LogP contribution in [0.15, 0.2) is 66.9 Å². The van der Waals surface area contributed by atoms with Crippen molar-refractivity contribution in [1.82, 2.24) is 9.97 Å². The number of hydrogen-bond acceptors (Lipinski definition) is 5. The number of rotatable bonds is 10. The summed E-state index contributed by atoms with van der Waals surface area (Å²) in [6.45, 7) is 0.431. The molecule has 2 heterocycles. The van der Waals surface area contributed by atoms with E-state index in [9.17, 15) is 4.79 Å². The molecular formula is C26H29N3O2. The molecule has 0 radical (unpaired) electrons. The molecule has 160 valence electrons. The second kappa shape index (κ2) is 10.7. The fraction of sp³-hybridized carbons (Fsp3) is 0.346. The molecule has 1 N–H and O–H groups in total. The van der Waals surface area contributed by atoms with E-state index >= 15 is 0 Å². The molecule has 1 aliphatic carbocycles. The highest BCUT2D eigenvalue weighted by atomic mass is 16.5. The number of Topliss-reactive ketones (excluding diaryl/α,β-unsaturated/α-hetero) is 1. The van der Waals surface area contributed by atoms with Gasteiger partial charge in [-0.3, -0.25) is 9.78 Å². The Kier molecular flexibility index (Phi) is 7.27. The van der Waals surface area contributed by atoms with E-state index in [1.807, 2.05) is 54.6 Å². The molecule has 0 bridgehead atoms. The minimum atomic E-state index is 0.125. The van der Waals surface area contributed by atoms with Gasteiger partial charge in [-0.25, -0.2) is 4.98 Å². The summed E-state index contributed by atoms with van der Waals surface area (Å²) in [7, 11) is 0. The Bertz CT molecular complexity index is 967. The quantitative estimate of drug-likeness (QED) is 0.391. The van der Waals surface area contributed by atoms with Gasteiger partial charge in [-0.15, -0.1) is 0 Å². The van der Waals surface area contributed by atoms with Crippen molar-refractivity contribution in [3.63, 3.8) is 0 Å². The Morgan fingerprint density at radius 3 is 2.61 bits per heavy atom. The van der Waals surface area contributed by atoms with Gasteiger partial charge in [-0.2, -0.15) is 0 Å². The largest absolute Gasteiger partial charge is 0.487 e. The third-order valence-electron chi connectivity index (χ3n) is 5.77. The minimum absolute atomic E-state index is 0.125. The van der Waals surface area contributed by atoms with Gasteiger partial charge in [-0.05, 0) is 60.9 Å². The Balaban J connectivity index is 1.28. The summed E-state index contributed by atoms with van der Waals surface area (Å²) in [5.74, 6) is 2.39. The van der Waals surface area contributed by atoms with Crippen LogP contribution in [0.2, 0.25) is 0 Å². The summed E-state index contributed by atoms with van der Waals surface area (Å²) in [4.78, 5) is 21.3. The molecule has 5 heteroatoms. The van der Waals surface area contributed by atoms with Crippen molar-refractivity contribution in [2.24, 2.45) is 5.92 Å². The van der Waals surface area contributed by atoms with Crippen molar-refractivity contribution in [3.8, 4) is 5.75 Å². The highest BCUT2D eigenvalue weighted by Gasteiger charge is 2.16. The fourth-order valence-corrected chi connectivity index (χ4v) is 4.06. The number of nitrogens with zero attached hydrogens (tertiary/aromatic N) is 2. The maximum Gasteiger partial charge on any atom is 0.181 e. The molecule has 0 amide bonds. The zero-order valence-corrected chi connectivity index (χ0v) is 17.8. The standard InChI is InChI=1S/C26H29N3O2/c30-25(12-5-9-20-7-1-2-8-20)24-11-6-13-26(29-24)28-21-14-16-23(17-15-21)31-19-22-10-3-4-18-27-22/h3-4,6,10-11,13-18,20H,1-2,5,7-9,12,19H2,(H,28,29). The number of carbonyl (C=O) groups excluding carboxylic acids is 1. The van der Waals surface area contributed by atoms with Crippen molar-refractivity contribution >= 4 is 17.3 Å². The van der Waals surface area contributed by atoms with E-state index in [4.69, 9.17) is 4.74 Å². The van der Waals surface area contributed by atoms with E-state index in [0.29, 0.717) is 24.5 Å². The van der Waals surface area contributed by atoms with E-state index in [0.717, 1.165) is 29.5 Å². The summed E-state index contributed by atoms with van der Waals surface area (Å²) >= 11 is 0. The van der Waals surface area contributed by atoms with Gasteiger partial charge < -0.3 is 10.1 Å². The summed E-state index contributed by atoms with van der Waals surface area (Å²) in [6, 6.07) is 19.0. The van der Waals surface area contributed by atoms with Crippen LogP contribution in [0.5, 0.6) is 5.75 Å². The Morgan fingerprint density at radius 2 is 1.84 bits per heavy atom. The van der Waals surface area contributed by atoms with Gasteiger partial charge in [0.2, 0.25) is 0 Å². The molecule has 4 rings (SSSR count). The zero-order valence-electron chi connectivity index (χ0n) is 17.8. The van der Waals surface area contributed by atoms with Crippen molar-refractivity contribution < 1.29 is 9.53 Å². The number of hydrogen-bond donors (Lipinski definition) is 1. The zero-order chi connectivity index (χ0) is 21.3. The lowest BCUT2D eigenvalue weighted by Crippen LogP contribution is -2.05. The van der Waals surface area contributed by atoms with E-state index in [1.165, 1.54) is 32.1 Å². The van der Waals surface area contributed by atoms with Crippen LogP contribution in [-0.2, 0) is 6.61 Å². The summed E-state index contributed by atoms with van der Waals surface area (Å²) in [5.41, 5.74) is 2.31. The van der Waals surface area contributed by atoms with Crippen LogP contribution in [0, 0.1) is 5.92 Å². The molecule has 0 atom stereocenters. The van der Waals surface area contributed by atoms with Crippen LogP contribution in [0.1, 0.15) is 61.1 Å². The first-order valence-electron chi connectivity index (χ1n) is 11.2. The molecular weight excluding hydrogens is 386 g/mol. The third-order valence-corrected chi connectivity index (χ3v) is 5.77. The van der Waals surface area contributed by atoms with E-state index in [-0.39, 0.29) is 5.78 Å². The SMILES string of the molecule is O=C(CCCC1CCCC1)c1cccc(Nc2ccc(OCc3ccccn3)cc2)n1. The second-order valence-electron chi connectivity index (χ2n) is 8.13. The van der Waals surface area contributed by atoms with Crippen LogP contribution < -0.4 is 10.1 Å². The van der Waals surface area contributed by atoms with Gasteiger partial charge in [0, 0.05) is 18.3 Å². The van der Waals surface area contributed by atoms with Crippen molar-refractivity contribution in [3.05, 3.63) is 78.2 Å². The number of nitrogens with one attached hydrogen (secondary N) is 1. The van der Waals surface area contributed by atoms with E-state index in [1.54, 1.807) is 12.3 Å².